The Kier molecular flexibility index (Phi) is 3.22. The predicted octanol–water partition coefficient (Wildman–Crippen LogP) is 2.71. The first-order chi connectivity index (χ1) is 7.98. The van der Waals surface area contributed by atoms with Gasteiger partial charge < -0.3 is 10.5 Å². The van der Waals surface area contributed by atoms with Gasteiger partial charge >= 0.3 is 0 Å². The minimum atomic E-state index is 0.274. The zero-order valence-electron chi connectivity index (χ0n) is 10.9. The van der Waals surface area contributed by atoms with Gasteiger partial charge in [-0.25, -0.2) is 9.97 Å². The van der Waals surface area contributed by atoms with Crippen LogP contribution in [-0.2, 0) is 0 Å². The minimum Gasteiger partial charge on any atom is -0.474 e. The number of hydrogen-bond donors (Lipinski definition) is 1. The Morgan fingerprint density at radius 1 is 1.29 bits per heavy atom. The molecule has 94 valence electrons. The molecule has 0 radical (unpaired) electrons. The van der Waals surface area contributed by atoms with Crippen molar-refractivity contribution in [3.8, 4) is 5.88 Å². The second kappa shape index (κ2) is 4.51. The summed E-state index contributed by atoms with van der Waals surface area (Å²) in [5.41, 5.74) is 7.04. The molecule has 0 atom stereocenters. The van der Waals surface area contributed by atoms with Gasteiger partial charge in [0.1, 0.15) is 18.2 Å². The zero-order valence-corrected chi connectivity index (χ0v) is 10.9. The molecule has 0 aromatic carbocycles. The van der Waals surface area contributed by atoms with E-state index in [1.165, 1.54) is 19.2 Å². The molecule has 0 aliphatic heterocycles. The van der Waals surface area contributed by atoms with Crippen molar-refractivity contribution in [2.24, 2.45) is 5.41 Å². The molecule has 4 nitrogen and oxygen atoms in total. The Balaban J connectivity index is 2.00. The van der Waals surface area contributed by atoms with Crippen LogP contribution in [0.25, 0.3) is 0 Å². The fourth-order valence-electron chi connectivity index (χ4n) is 2.21. The zero-order chi connectivity index (χ0) is 12.5. The first kappa shape index (κ1) is 12.1. The van der Waals surface area contributed by atoms with Gasteiger partial charge in [-0.2, -0.15) is 0 Å². The maximum absolute atomic E-state index is 5.93. The van der Waals surface area contributed by atoms with E-state index in [0.29, 0.717) is 17.1 Å². The van der Waals surface area contributed by atoms with E-state index >= 15 is 0 Å². The van der Waals surface area contributed by atoms with Crippen LogP contribution in [-0.4, -0.2) is 16.1 Å². The second-order valence-corrected chi connectivity index (χ2v) is 5.67. The smallest absolute Gasteiger partial charge is 0.221 e. The average molecular weight is 235 g/mol. The molecule has 1 aromatic rings. The molecule has 1 aliphatic carbocycles. The van der Waals surface area contributed by atoms with Gasteiger partial charge in [-0.1, -0.05) is 13.8 Å². The average Bonchev–Trinajstić information content (AvgIpc) is 2.27. The molecule has 1 aromatic heterocycles. The fourth-order valence-corrected chi connectivity index (χ4v) is 2.21. The normalized spacial score (nSPS) is 20.2. The van der Waals surface area contributed by atoms with Crippen molar-refractivity contribution in [2.45, 2.75) is 52.6 Å². The highest BCUT2D eigenvalue weighted by molar-refractivity contribution is 5.43. The van der Waals surface area contributed by atoms with Crippen LogP contribution >= 0.6 is 0 Å². The molecule has 0 saturated heterocycles. The van der Waals surface area contributed by atoms with Gasteiger partial charge in [0, 0.05) is 0 Å². The van der Waals surface area contributed by atoms with E-state index in [-0.39, 0.29) is 6.10 Å². The summed E-state index contributed by atoms with van der Waals surface area (Å²) in [6, 6.07) is 0. The molecule has 0 bridgehead atoms. The summed E-state index contributed by atoms with van der Waals surface area (Å²) >= 11 is 0. The number of anilines is 1. The number of nitrogens with two attached hydrogens (primary N) is 1. The van der Waals surface area contributed by atoms with Crippen LogP contribution in [0, 0.1) is 12.3 Å². The van der Waals surface area contributed by atoms with Crippen molar-refractivity contribution >= 4 is 5.82 Å². The van der Waals surface area contributed by atoms with E-state index in [4.69, 9.17) is 10.5 Å². The largest absolute Gasteiger partial charge is 0.474 e. The molecule has 0 unspecified atom stereocenters. The minimum absolute atomic E-state index is 0.274. The van der Waals surface area contributed by atoms with Crippen LogP contribution in [0.4, 0.5) is 5.82 Å². The molecular formula is C13H21N3O. The van der Waals surface area contributed by atoms with Gasteiger partial charge in [0.2, 0.25) is 5.88 Å². The number of ether oxygens (including phenoxy) is 1. The van der Waals surface area contributed by atoms with Crippen molar-refractivity contribution in [1.82, 2.24) is 9.97 Å². The number of hydrogen-bond acceptors (Lipinski definition) is 4. The highest BCUT2D eigenvalue weighted by Crippen LogP contribution is 2.36. The summed E-state index contributed by atoms with van der Waals surface area (Å²) in [6.45, 7) is 6.53. The van der Waals surface area contributed by atoms with Gasteiger partial charge in [0.15, 0.2) is 0 Å². The lowest BCUT2D eigenvalue weighted by Gasteiger charge is -2.34. The molecule has 1 fully saturated rings. The monoisotopic (exact) mass is 235 g/mol. The quantitative estimate of drug-likeness (QED) is 0.856. The highest BCUT2D eigenvalue weighted by Gasteiger charge is 2.28. The van der Waals surface area contributed by atoms with E-state index in [9.17, 15) is 0 Å². The molecule has 17 heavy (non-hydrogen) atoms. The third-order valence-corrected chi connectivity index (χ3v) is 3.64. The van der Waals surface area contributed by atoms with Crippen molar-refractivity contribution in [3.63, 3.8) is 0 Å². The summed E-state index contributed by atoms with van der Waals surface area (Å²) < 4.78 is 5.93. The van der Waals surface area contributed by atoms with Gasteiger partial charge in [-0.05, 0) is 38.0 Å². The van der Waals surface area contributed by atoms with Crippen molar-refractivity contribution in [3.05, 3.63) is 11.9 Å². The number of nitrogen functional groups attached to an aromatic ring is 1. The van der Waals surface area contributed by atoms with Crippen LogP contribution in [0.1, 0.15) is 45.1 Å². The Labute approximate surface area is 103 Å². The predicted molar refractivity (Wildman–Crippen MR) is 67.8 cm³/mol. The topological polar surface area (TPSA) is 61.0 Å². The van der Waals surface area contributed by atoms with E-state index in [0.717, 1.165) is 18.4 Å². The second-order valence-electron chi connectivity index (χ2n) is 5.67. The number of rotatable bonds is 2. The first-order valence-corrected chi connectivity index (χ1v) is 6.22. The Bertz CT molecular complexity index is 394. The molecule has 2 N–H and O–H groups in total. The van der Waals surface area contributed by atoms with Crippen LogP contribution in [0.2, 0.25) is 0 Å². The molecule has 4 heteroatoms. The summed E-state index contributed by atoms with van der Waals surface area (Å²) in [7, 11) is 0. The number of aromatic nitrogens is 2. The fraction of sp³-hybridized carbons (Fsp3) is 0.692. The maximum Gasteiger partial charge on any atom is 0.221 e. The lowest BCUT2D eigenvalue weighted by molar-refractivity contribution is 0.0942. The Hall–Kier alpha value is -1.32. The summed E-state index contributed by atoms with van der Waals surface area (Å²) in [4.78, 5) is 8.10. The molecule has 1 heterocycles. The van der Waals surface area contributed by atoms with Crippen molar-refractivity contribution in [1.29, 1.82) is 0 Å². The Morgan fingerprint density at radius 2 is 1.94 bits per heavy atom. The third kappa shape index (κ3) is 2.87. The SMILES string of the molecule is Cc1c(N)ncnc1OC1CCC(C)(C)CC1. The lowest BCUT2D eigenvalue weighted by Crippen LogP contribution is -2.28. The van der Waals surface area contributed by atoms with Crippen LogP contribution in [0.15, 0.2) is 6.33 Å². The van der Waals surface area contributed by atoms with Gasteiger partial charge in [-0.3, -0.25) is 0 Å². The molecular weight excluding hydrogens is 214 g/mol. The van der Waals surface area contributed by atoms with Crippen LogP contribution < -0.4 is 10.5 Å². The van der Waals surface area contributed by atoms with Crippen molar-refractivity contribution in [2.75, 3.05) is 5.73 Å². The molecule has 2 rings (SSSR count). The lowest BCUT2D eigenvalue weighted by atomic mass is 9.76. The summed E-state index contributed by atoms with van der Waals surface area (Å²) in [5.74, 6) is 1.15. The van der Waals surface area contributed by atoms with E-state index < -0.39 is 0 Å². The Morgan fingerprint density at radius 3 is 2.59 bits per heavy atom. The number of nitrogens with zero attached hydrogens (tertiary/aromatic N) is 2. The first-order valence-electron chi connectivity index (χ1n) is 6.22. The van der Waals surface area contributed by atoms with Crippen molar-refractivity contribution < 1.29 is 4.74 Å². The van der Waals surface area contributed by atoms with Crippen LogP contribution in [0.5, 0.6) is 5.88 Å². The maximum atomic E-state index is 5.93. The van der Waals surface area contributed by atoms with E-state index in [1.54, 1.807) is 0 Å². The highest BCUT2D eigenvalue weighted by atomic mass is 16.5. The molecule has 1 saturated carbocycles. The molecule has 0 spiro atoms. The van der Waals surface area contributed by atoms with Gasteiger partial charge in [0.25, 0.3) is 0 Å². The van der Waals surface area contributed by atoms with E-state index in [2.05, 4.69) is 23.8 Å². The summed E-state index contributed by atoms with van der Waals surface area (Å²) in [6.07, 6.45) is 6.34. The summed E-state index contributed by atoms with van der Waals surface area (Å²) in [5, 5.41) is 0. The van der Waals surface area contributed by atoms with Gasteiger partial charge in [-0.15, -0.1) is 0 Å². The van der Waals surface area contributed by atoms with Crippen LogP contribution in [0.3, 0.4) is 0 Å². The molecule has 1 aliphatic rings. The standard InChI is InChI=1S/C13H21N3O/c1-9-11(14)15-8-16-12(9)17-10-4-6-13(2,3)7-5-10/h8,10H,4-7H2,1-3H3,(H2,14,15,16). The van der Waals surface area contributed by atoms with E-state index in [1.807, 2.05) is 6.92 Å². The molecule has 0 amide bonds. The third-order valence-electron chi connectivity index (χ3n) is 3.64. The van der Waals surface area contributed by atoms with Gasteiger partial charge in [0.05, 0.1) is 5.56 Å².